The van der Waals surface area contributed by atoms with Crippen molar-refractivity contribution in [1.82, 2.24) is 19.7 Å². The standard InChI is InChI=1S/C27H37N5O2/c1-19-10-11-23-24(28-19)27(2,3)18-32(23)26(34)31-14-12-22(13-15-31)30(6)17-20-8-7-9-21(16-20)25(33)29(4)5/h7-11,16,22H,12-15,17-18H2,1-6H3. The normalized spacial score (nSPS) is 17.7. The summed E-state index contributed by atoms with van der Waals surface area (Å²) in [6.07, 6.45) is 1.88. The van der Waals surface area contributed by atoms with E-state index in [1.165, 1.54) is 0 Å². The highest BCUT2D eigenvalue weighted by Gasteiger charge is 2.41. The Morgan fingerprint density at radius 2 is 1.79 bits per heavy atom. The van der Waals surface area contributed by atoms with Crippen LogP contribution in [0.2, 0.25) is 0 Å². The summed E-state index contributed by atoms with van der Waals surface area (Å²) in [5, 5.41) is 0. The van der Waals surface area contributed by atoms with E-state index in [1.807, 2.05) is 47.1 Å². The second kappa shape index (κ2) is 9.37. The number of piperidine rings is 1. The first-order valence-corrected chi connectivity index (χ1v) is 12.1. The number of hydrogen-bond acceptors (Lipinski definition) is 4. The summed E-state index contributed by atoms with van der Waals surface area (Å²) >= 11 is 0. The molecule has 2 aromatic rings. The van der Waals surface area contributed by atoms with Crippen molar-refractivity contribution in [1.29, 1.82) is 0 Å². The van der Waals surface area contributed by atoms with E-state index in [0.717, 1.165) is 60.7 Å². The van der Waals surface area contributed by atoms with Gasteiger partial charge in [-0.1, -0.05) is 26.0 Å². The Balaban J connectivity index is 1.36. The van der Waals surface area contributed by atoms with Gasteiger partial charge < -0.3 is 9.80 Å². The zero-order chi connectivity index (χ0) is 24.6. The molecule has 34 heavy (non-hydrogen) atoms. The Morgan fingerprint density at radius 1 is 1.09 bits per heavy atom. The van der Waals surface area contributed by atoms with Crippen molar-refractivity contribution in [2.24, 2.45) is 0 Å². The lowest BCUT2D eigenvalue weighted by atomic mass is 9.91. The van der Waals surface area contributed by atoms with Crippen LogP contribution in [-0.2, 0) is 12.0 Å². The van der Waals surface area contributed by atoms with Crippen molar-refractivity contribution in [2.45, 2.75) is 51.6 Å². The van der Waals surface area contributed by atoms with E-state index in [4.69, 9.17) is 4.98 Å². The van der Waals surface area contributed by atoms with Gasteiger partial charge in [-0.25, -0.2) is 4.79 Å². The van der Waals surface area contributed by atoms with Gasteiger partial charge in [-0.2, -0.15) is 0 Å². The lowest BCUT2D eigenvalue weighted by Crippen LogP contribution is -2.50. The maximum Gasteiger partial charge on any atom is 0.324 e. The summed E-state index contributed by atoms with van der Waals surface area (Å²) in [5.41, 5.74) is 4.67. The van der Waals surface area contributed by atoms with Crippen LogP contribution in [0.4, 0.5) is 10.5 Å². The molecule has 1 aromatic heterocycles. The fraction of sp³-hybridized carbons (Fsp3) is 0.519. The molecule has 1 aromatic carbocycles. The number of anilines is 1. The average molecular weight is 464 g/mol. The molecule has 0 bridgehead atoms. The van der Waals surface area contributed by atoms with E-state index >= 15 is 0 Å². The monoisotopic (exact) mass is 463 g/mol. The molecule has 7 nitrogen and oxygen atoms in total. The predicted octanol–water partition coefficient (Wildman–Crippen LogP) is 3.91. The van der Waals surface area contributed by atoms with Gasteiger partial charge in [0.05, 0.1) is 11.4 Å². The Morgan fingerprint density at radius 3 is 2.47 bits per heavy atom. The number of urea groups is 1. The minimum atomic E-state index is -0.141. The minimum Gasteiger partial charge on any atom is -0.345 e. The first-order chi connectivity index (χ1) is 16.1. The fourth-order valence-electron chi connectivity index (χ4n) is 5.14. The number of aryl methyl sites for hydroxylation is 1. The maximum atomic E-state index is 13.4. The number of nitrogens with zero attached hydrogens (tertiary/aromatic N) is 5. The number of pyridine rings is 1. The van der Waals surface area contributed by atoms with E-state index in [9.17, 15) is 9.59 Å². The summed E-state index contributed by atoms with van der Waals surface area (Å²) in [6, 6.07) is 12.4. The van der Waals surface area contributed by atoms with Crippen LogP contribution in [0.3, 0.4) is 0 Å². The third-order valence-corrected chi connectivity index (χ3v) is 7.10. The molecule has 0 radical (unpaired) electrons. The highest BCUT2D eigenvalue weighted by atomic mass is 16.2. The quantitative estimate of drug-likeness (QED) is 0.690. The minimum absolute atomic E-state index is 0.0216. The van der Waals surface area contributed by atoms with Gasteiger partial charge >= 0.3 is 6.03 Å². The third kappa shape index (κ3) is 4.80. The second-order valence-corrected chi connectivity index (χ2v) is 10.6. The van der Waals surface area contributed by atoms with Gasteiger partial charge in [0.25, 0.3) is 5.91 Å². The molecule has 1 saturated heterocycles. The van der Waals surface area contributed by atoms with Crippen molar-refractivity contribution in [2.75, 3.05) is 45.7 Å². The van der Waals surface area contributed by atoms with E-state index < -0.39 is 0 Å². The van der Waals surface area contributed by atoms with Gasteiger partial charge in [0.2, 0.25) is 0 Å². The number of fused-ring (bicyclic) bond motifs is 1. The molecule has 1 fully saturated rings. The molecule has 4 rings (SSSR count). The Bertz CT molecular complexity index is 1070. The number of benzene rings is 1. The van der Waals surface area contributed by atoms with Crippen LogP contribution in [0.1, 0.15) is 54.0 Å². The number of amides is 3. The van der Waals surface area contributed by atoms with Gasteiger partial charge in [-0.15, -0.1) is 0 Å². The van der Waals surface area contributed by atoms with Crippen molar-refractivity contribution >= 4 is 17.6 Å². The number of aromatic nitrogens is 1. The third-order valence-electron chi connectivity index (χ3n) is 7.10. The molecule has 0 spiro atoms. The fourth-order valence-corrected chi connectivity index (χ4v) is 5.14. The van der Waals surface area contributed by atoms with Crippen LogP contribution in [0.25, 0.3) is 0 Å². The number of rotatable bonds is 4. The van der Waals surface area contributed by atoms with Crippen LogP contribution < -0.4 is 4.90 Å². The Kier molecular flexibility index (Phi) is 6.67. The largest absolute Gasteiger partial charge is 0.345 e. The van der Waals surface area contributed by atoms with E-state index in [1.54, 1.807) is 19.0 Å². The van der Waals surface area contributed by atoms with Gasteiger partial charge in [0, 0.05) is 63.0 Å². The summed E-state index contributed by atoms with van der Waals surface area (Å²) in [7, 11) is 5.68. The SMILES string of the molecule is Cc1ccc2c(n1)C(C)(C)CN2C(=O)N1CCC(N(C)Cc2cccc(C(=O)N(C)C)c2)CC1. The molecule has 0 unspecified atom stereocenters. The summed E-state index contributed by atoms with van der Waals surface area (Å²) in [4.78, 5) is 38.3. The Hall–Kier alpha value is -2.93. The first kappa shape index (κ1) is 24.2. The average Bonchev–Trinajstić information content (AvgIpc) is 3.08. The molecular formula is C27H37N5O2. The van der Waals surface area contributed by atoms with Crippen LogP contribution >= 0.6 is 0 Å². The van der Waals surface area contributed by atoms with Gasteiger partial charge in [0.15, 0.2) is 0 Å². The molecule has 0 saturated carbocycles. The van der Waals surface area contributed by atoms with Crippen LogP contribution in [0.15, 0.2) is 36.4 Å². The summed E-state index contributed by atoms with van der Waals surface area (Å²) < 4.78 is 0. The predicted molar refractivity (Wildman–Crippen MR) is 135 cm³/mol. The first-order valence-electron chi connectivity index (χ1n) is 12.1. The smallest absolute Gasteiger partial charge is 0.324 e. The summed E-state index contributed by atoms with van der Waals surface area (Å²) in [5.74, 6) is 0.0216. The van der Waals surface area contributed by atoms with E-state index in [0.29, 0.717) is 12.6 Å². The van der Waals surface area contributed by atoms with Crippen molar-refractivity contribution < 1.29 is 9.59 Å². The van der Waals surface area contributed by atoms with Gasteiger partial charge in [-0.3, -0.25) is 19.6 Å². The van der Waals surface area contributed by atoms with Crippen LogP contribution in [0.5, 0.6) is 0 Å². The van der Waals surface area contributed by atoms with Crippen molar-refractivity contribution in [3.63, 3.8) is 0 Å². The molecular weight excluding hydrogens is 426 g/mol. The highest BCUT2D eigenvalue weighted by molar-refractivity contribution is 5.95. The lowest BCUT2D eigenvalue weighted by molar-refractivity contribution is 0.0827. The molecule has 0 N–H and O–H groups in total. The lowest BCUT2D eigenvalue weighted by Gasteiger charge is -2.38. The van der Waals surface area contributed by atoms with Crippen LogP contribution in [0, 0.1) is 6.92 Å². The Labute approximate surface area is 203 Å². The molecule has 2 aliphatic heterocycles. The zero-order valence-electron chi connectivity index (χ0n) is 21.3. The molecule has 0 atom stereocenters. The van der Waals surface area contributed by atoms with Crippen LogP contribution in [-0.4, -0.2) is 78.4 Å². The number of likely N-dealkylation sites (tertiary alicyclic amines) is 1. The molecule has 3 heterocycles. The number of hydrogen-bond donors (Lipinski definition) is 0. The molecule has 2 aliphatic rings. The molecule has 182 valence electrons. The van der Waals surface area contributed by atoms with Gasteiger partial charge in [0.1, 0.15) is 0 Å². The van der Waals surface area contributed by atoms with E-state index in [-0.39, 0.29) is 17.4 Å². The zero-order valence-corrected chi connectivity index (χ0v) is 21.3. The second-order valence-electron chi connectivity index (χ2n) is 10.6. The maximum absolute atomic E-state index is 13.4. The highest BCUT2D eigenvalue weighted by Crippen LogP contribution is 2.40. The number of carbonyl (C=O) groups is 2. The number of carbonyl (C=O) groups excluding carboxylic acids is 2. The van der Waals surface area contributed by atoms with Gasteiger partial charge in [-0.05, 0) is 56.6 Å². The van der Waals surface area contributed by atoms with Crippen molar-refractivity contribution in [3.8, 4) is 0 Å². The molecule has 3 amide bonds. The molecule has 7 heteroatoms. The topological polar surface area (TPSA) is 60.0 Å². The van der Waals surface area contributed by atoms with E-state index in [2.05, 4.69) is 31.9 Å². The molecule has 0 aliphatic carbocycles. The summed E-state index contributed by atoms with van der Waals surface area (Å²) in [6.45, 7) is 9.27. The van der Waals surface area contributed by atoms with Crippen molar-refractivity contribution in [3.05, 3.63) is 58.9 Å².